The van der Waals surface area contributed by atoms with Crippen LogP contribution < -0.4 is 41.5 Å². The Morgan fingerprint density at radius 2 is 1.75 bits per heavy atom. The Balaban J connectivity index is 0.756. The number of carbonyl (C=O) groups excluding carboxylic acids is 1. The highest BCUT2D eigenvalue weighted by atomic mass is 32.2. The standard InChI is InChI=1S/C43H58N9O19P3S/c1-4-50-14-9-11-25-17-28-32(19-30(25)50)68-33-20-31-27(18-29(33)47-28)26(23-75(63,64)65)21-43(2,3)52(31)15-10-12-35(53)45-13-7-5-6-8-16-66-72(57,58)70-74(61,62)71-73(59,60)67-22-34-37(54)38(55)41(69-34)51-24-46-36-39(51)48-42(44)49-40(36)56/h17-21,24,34,37-38,41,54-55H,4-16,22-23H2,1-3H3,(H7-,44,45,48,49,53,56,57,58,59,60,61,62,63,64,65)/t34-,37-,38-,41-/m1/s1. The summed E-state index contributed by atoms with van der Waals surface area (Å²) >= 11 is 0. The molecule has 32 heteroatoms. The molecule has 75 heavy (non-hydrogen) atoms. The van der Waals surface area contributed by atoms with Crippen molar-refractivity contribution >= 4 is 73.6 Å². The van der Waals surface area contributed by atoms with E-state index >= 15 is 0 Å². The predicted octanol–water partition coefficient (Wildman–Crippen LogP) is 1.89. The molecule has 0 radical (unpaired) electrons. The van der Waals surface area contributed by atoms with Gasteiger partial charge in [-0.05, 0) is 64.2 Å². The second-order valence-corrected chi connectivity index (χ2v) is 24.8. The largest absolute Gasteiger partial charge is 0.748 e. The number of hydrogen-bond donors (Lipinski definition) is 8. The number of nitrogens with zero attached hydrogens (tertiary/aromatic N) is 6. The van der Waals surface area contributed by atoms with Crippen LogP contribution in [0.15, 0.2) is 46.5 Å². The first-order valence-corrected chi connectivity index (χ1v) is 29.9. The quantitative estimate of drug-likeness (QED) is 0.0200. The van der Waals surface area contributed by atoms with Gasteiger partial charge in [0.15, 0.2) is 28.9 Å². The fraction of sp³-hybridized carbons (Fsp3) is 0.535. The van der Waals surface area contributed by atoms with E-state index in [-0.39, 0.29) is 35.9 Å². The number of amides is 1. The molecule has 7 atom stereocenters. The molecule has 28 nitrogen and oxygen atoms in total. The summed E-state index contributed by atoms with van der Waals surface area (Å²) in [4.78, 5) is 72.1. The number of nitrogens with two attached hydrogens (primary N) is 1. The molecular formula is C43H58N9O19P3S. The van der Waals surface area contributed by atoms with Gasteiger partial charge in [-0.2, -0.15) is 13.6 Å². The van der Waals surface area contributed by atoms with Gasteiger partial charge in [-0.3, -0.25) is 28.2 Å². The zero-order chi connectivity index (χ0) is 54.3. The number of aromatic amines is 1. The van der Waals surface area contributed by atoms with Gasteiger partial charge >= 0.3 is 23.5 Å². The number of aromatic nitrogens is 4. The maximum atomic E-state index is 12.9. The number of fused-ring (bicyclic) bond motifs is 5. The van der Waals surface area contributed by atoms with Crippen molar-refractivity contribution in [1.82, 2.24) is 29.4 Å². The molecule has 4 aliphatic heterocycles. The zero-order valence-electron chi connectivity index (χ0n) is 40.8. The number of rotatable bonds is 23. The molecule has 1 fully saturated rings. The first-order valence-electron chi connectivity index (χ1n) is 23.9. The van der Waals surface area contributed by atoms with Crippen LogP contribution in [0.5, 0.6) is 11.5 Å². The number of ether oxygens (including phenoxy) is 2. The lowest BCUT2D eigenvalue weighted by Gasteiger charge is -2.44. The van der Waals surface area contributed by atoms with Gasteiger partial charge < -0.3 is 54.9 Å². The summed E-state index contributed by atoms with van der Waals surface area (Å²) in [5, 5.41) is 25.7. The van der Waals surface area contributed by atoms with E-state index in [4.69, 9.17) is 24.7 Å². The van der Waals surface area contributed by atoms with Crippen molar-refractivity contribution in [2.75, 3.05) is 55.8 Å². The summed E-state index contributed by atoms with van der Waals surface area (Å²) < 4.78 is 107. The summed E-state index contributed by atoms with van der Waals surface area (Å²) in [5.74, 6) is -0.149. The smallest absolute Gasteiger partial charge is 0.490 e. The van der Waals surface area contributed by atoms with Crippen LogP contribution in [0.4, 0.5) is 17.3 Å². The fourth-order valence-electron chi connectivity index (χ4n) is 9.43. The molecule has 1 saturated heterocycles. The van der Waals surface area contributed by atoms with E-state index in [0.29, 0.717) is 78.1 Å². The molecule has 2 aromatic heterocycles. The lowest BCUT2D eigenvalue weighted by molar-refractivity contribution is -0.121. The van der Waals surface area contributed by atoms with E-state index in [1.165, 1.54) is 5.56 Å². The minimum atomic E-state index is -5.84. The fourth-order valence-corrected chi connectivity index (χ4v) is 13.6. The molecule has 8 rings (SSSR count). The van der Waals surface area contributed by atoms with Crippen LogP contribution in [0.3, 0.4) is 0 Å². The molecule has 2 aromatic carbocycles. The molecule has 0 spiro atoms. The molecular weight excluding hydrogens is 1070 g/mol. The number of benzene rings is 2. The molecule has 4 aromatic rings. The van der Waals surface area contributed by atoms with Crippen LogP contribution in [0.25, 0.3) is 16.7 Å². The number of aliphatic hydroxyl groups is 2. The van der Waals surface area contributed by atoms with Gasteiger partial charge in [-0.25, -0.2) is 36.7 Å². The molecule has 3 unspecified atom stereocenters. The zero-order valence-corrected chi connectivity index (χ0v) is 44.3. The Kier molecular flexibility index (Phi) is 16.8. The van der Waals surface area contributed by atoms with E-state index in [2.05, 4.69) is 44.9 Å². The third-order valence-corrected chi connectivity index (χ3v) is 17.7. The molecule has 6 heterocycles. The highest BCUT2D eigenvalue weighted by molar-refractivity contribution is 7.86. The lowest BCUT2D eigenvalue weighted by atomic mass is 9.88. The lowest BCUT2D eigenvalue weighted by Crippen LogP contribution is -2.46. The van der Waals surface area contributed by atoms with E-state index in [0.717, 1.165) is 42.2 Å². The Morgan fingerprint density at radius 3 is 2.48 bits per heavy atom. The van der Waals surface area contributed by atoms with Gasteiger partial charge in [-0.1, -0.05) is 18.9 Å². The van der Waals surface area contributed by atoms with Crippen LogP contribution >= 0.6 is 23.5 Å². The molecule has 9 N–H and O–H groups in total. The minimum absolute atomic E-state index is 0.130. The predicted molar refractivity (Wildman–Crippen MR) is 265 cm³/mol. The van der Waals surface area contributed by atoms with Crippen molar-refractivity contribution in [3.05, 3.63) is 68.9 Å². The Hall–Kier alpha value is -4.80. The number of unbranched alkanes of at least 4 members (excludes halogenated alkanes) is 3. The van der Waals surface area contributed by atoms with E-state index in [1.807, 2.05) is 36.9 Å². The topological polar surface area (TPSA) is 402 Å². The van der Waals surface area contributed by atoms with Crippen molar-refractivity contribution in [1.29, 1.82) is 0 Å². The number of phosphoric ester groups is 2. The number of nitrogens with one attached hydrogen (secondary N) is 2. The third kappa shape index (κ3) is 13.5. The van der Waals surface area contributed by atoms with Gasteiger partial charge in [0.05, 0.1) is 47.0 Å². The van der Waals surface area contributed by atoms with E-state index in [9.17, 15) is 61.1 Å². The Labute approximate surface area is 428 Å². The summed E-state index contributed by atoms with van der Waals surface area (Å²) in [6, 6.07) is 7.60. The molecule has 0 aliphatic carbocycles. The average Bonchev–Trinajstić information content (AvgIpc) is 3.85. The average molecular weight is 1130 g/mol. The Morgan fingerprint density at radius 1 is 1.01 bits per heavy atom. The first kappa shape index (κ1) is 56.4. The summed E-state index contributed by atoms with van der Waals surface area (Å²) in [6.07, 6.45) is 0.383. The number of H-pyrrole nitrogens is 1. The number of nitrogen functional groups attached to an aromatic ring is 1. The monoisotopic (exact) mass is 1130 g/mol. The summed E-state index contributed by atoms with van der Waals surface area (Å²) in [7, 11) is -21.5. The van der Waals surface area contributed by atoms with Gasteiger partial charge in [-0.15, -0.1) is 0 Å². The number of imidazole rings is 1. The van der Waals surface area contributed by atoms with Crippen molar-refractivity contribution in [2.45, 2.75) is 102 Å². The third-order valence-electron chi connectivity index (χ3n) is 12.8. The van der Waals surface area contributed by atoms with Crippen molar-refractivity contribution in [3.8, 4) is 11.5 Å². The van der Waals surface area contributed by atoms with Gasteiger partial charge in [0.25, 0.3) is 5.56 Å². The number of aliphatic hydroxyl groups excluding tert-OH is 2. The van der Waals surface area contributed by atoms with E-state index in [1.54, 1.807) is 12.1 Å². The van der Waals surface area contributed by atoms with Gasteiger partial charge in [0.1, 0.15) is 42.4 Å². The highest BCUT2D eigenvalue weighted by Crippen LogP contribution is 2.67. The van der Waals surface area contributed by atoms with Gasteiger partial charge in [0, 0.05) is 48.8 Å². The number of carbonyl (C=O) groups is 1. The number of phosphoric acid groups is 3. The number of hydrogen-bond acceptors (Lipinski definition) is 21. The highest BCUT2D eigenvalue weighted by Gasteiger charge is 2.47. The normalized spacial score (nSPS) is 22.3. The van der Waals surface area contributed by atoms with E-state index < -0.39 is 88.2 Å². The van der Waals surface area contributed by atoms with Gasteiger partial charge in [0.2, 0.25) is 17.2 Å². The maximum absolute atomic E-state index is 12.9. The van der Waals surface area contributed by atoms with Crippen LogP contribution in [0.2, 0.25) is 0 Å². The van der Waals surface area contributed by atoms with Crippen molar-refractivity contribution < 1.29 is 83.5 Å². The van der Waals surface area contributed by atoms with Crippen LogP contribution in [-0.4, -0.2) is 132 Å². The maximum Gasteiger partial charge on any atom is 0.490 e. The summed E-state index contributed by atoms with van der Waals surface area (Å²) in [6.45, 7) is 6.88. The summed E-state index contributed by atoms with van der Waals surface area (Å²) in [5.41, 5.74) is 7.00. The van der Waals surface area contributed by atoms with Crippen LogP contribution in [0, 0.1) is 0 Å². The van der Waals surface area contributed by atoms with Crippen molar-refractivity contribution in [2.24, 2.45) is 4.99 Å². The molecule has 410 valence electrons. The van der Waals surface area contributed by atoms with Crippen LogP contribution in [-0.2, 0) is 57.4 Å². The van der Waals surface area contributed by atoms with Crippen molar-refractivity contribution in [3.63, 3.8) is 0 Å². The first-order chi connectivity index (χ1) is 35.2. The number of aryl methyl sites for hydroxylation is 1. The van der Waals surface area contributed by atoms with Crippen LogP contribution in [0.1, 0.15) is 83.1 Å². The Bertz CT molecular complexity index is 3360. The molecule has 1 amide bonds. The molecule has 0 bridgehead atoms. The molecule has 0 saturated carbocycles. The molecule has 4 aliphatic rings. The SMILES string of the molecule is CC[N+]1=c2cc3c(cc2CCC1)=Nc1cc2c(cc1O3)N(CCCC(=O)NCCCCCCOP(=O)(O)OP(=O)(O)OP(=O)(O)OC[C@H]1O[C@@H](n3cnc4c(=O)[nH]c(N)nc43)[C@H](O)[C@@H]1O)C(C)(C)C=C2CS(=O)(=O)[O-]. The minimum Gasteiger partial charge on any atom is -0.748 e. The second-order valence-electron chi connectivity index (χ2n) is 18.7. The number of anilines is 2. The second kappa shape index (κ2) is 22.3.